The van der Waals surface area contributed by atoms with Gasteiger partial charge in [0.15, 0.2) is 0 Å². The molecule has 14 heavy (non-hydrogen) atoms. The van der Waals surface area contributed by atoms with Crippen molar-refractivity contribution in [2.45, 2.75) is 18.9 Å². The fraction of sp³-hybridized carbons (Fsp3) is 0.889. The number of hydrogen-bond acceptors (Lipinski definition) is 4. The number of carbonyl (C=O) groups is 1. The van der Waals surface area contributed by atoms with E-state index in [0.717, 1.165) is 0 Å². The highest BCUT2D eigenvalue weighted by atomic mass is 16.5. The SMILES string of the molecule is CNC(=O)CNCC(C)(O)CCOC. The van der Waals surface area contributed by atoms with E-state index in [1.807, 2.05) is 0 Å². The Balaban J connectivity index is 3.59. The molecule has 84 valence electrons. The number of amides is 1. The lowest BCUT2D eigenvalue weighted by Gasteiger charge is -2.23. The minimum Gasteiger partial charge on any atom is -0.389 e. The molecule has 0 aromatic heterocycles. The third-order valence-corrected chi connectivity index (χ3v) is 1.91. The zero-order chi connectivity index (χ0) is 11.0. The Bertz CT molecular complexity index is 171. The third kappa shape index (κ3) is 6.82. The van der Waals surface area contributed by atoms with Gasteiger partial charge in [-0.1, -0.05) is 0 Å². The number of nitrogens with one attached hydrogen (secondary N) is 2. The lowest BCUT2D eigenvalue weighted by Crippen LogP contribution is -2.42. The summed E-state index contributed by atoms with van der Waals surface area (Å²) in [4.78, 5) is 10.8. The fourth-order valence-corrected chi connectivity index (χ4v) is 0.944. The van der Waals surface area contributed by atoms with Crippen molar-refractivity contribution in [2.24, 2.45) is 0 Å². The molecule has 0 heterocycles. The van der Waals surface area contributed by atoms with Gasteiger partial charge in [-0.15, -0.1) is 0 Å². The van der Waals surface area contributed by atoms with Crippen LogP contribution in [0.4, 0.5) is 0 Å². The van der Waals surface area contributed by atoms with Crippen molar-refractivity contribution < 1.29 is 14.6 Å². The molecule has 5 heteroatoms. The molecule has 3 N–H and O–H groups in total. The van der Waals surface area contributed by atoms with Gasteiger partial charge >= 0.3 is 0 Å². The van der Waals surface area contributed by atoms with Crippen LogP contribution in [0.25, 0.3) is 0 Å². The molecule has 0 aromatic carbocycles. The number of ether oxygens (including phenoxy) is 1. The Labute approximate surface area is 84.8 Å². The monoisotopic (exact) mass is 204 g/mol. The summed E-state index contributed by atoms with van der Waals surface area (Å²) in [5.74, 6) is -0.0902. The molecule has 0 saturated heterocycles. The smallest absolute Gasteiger partial charge is 0.233 e. The van der Waals surface area contributed by atoms with E-state index >= 15 is 0 Å². The van der Waals surface area contributed by atoms with Crippen molar-refractivity contribution in [3.8, 4) is 0 Å². The highest BCUT2D eigenvalue weighted by Crippen LogP contribution is 2.06. The fourth-order valence-electron chi connectivity index (χ4n) is 0.944. The van der Waals surface area contributed by atoms with Gasteiger partial charge in [-0.3, -0.25) is 4.79 Å². The van der Waals surface area contributed by atoms with Crippen LogP contribution in [0.5, 0.6) is 0 Å². The van der Waals surface area contributed by atoms with Gasteiger partial charge in [0.25, 0.3) is 0 Å². The van der Waals surface area contributed by atoms with Gasteiger partial charge in [-0.05, 0) is 6.92 Å². The van der Waals surface area contributed by atoms with Crippen LogP contribution in [-0.4, -0.2) is 50.5 Å². The molecule has 1 amide bonds. The first-order valence-electron chi connectivity index (χ1n) is 4.64. The minimum atomic E-state index is -0.829. The first-order valence-corrected chi connectivity index (χ1v) is 4.64. The Morgan fingerprint density at radius 3 is 2.71 bits per heavy atom. The van der Waals surface area contributed by atoms with Crippen LogP contribution in [0, 0.1) is 0 Å². The lowest BCUT2D eigenvalue weighted by atomic mass is 10.0. The average molecular weight is 204 g/mol. The van der Waals surface area contributed by atoms with Crippen molar-refractivity contribution in [2.75, 3.05) is 33.9 Å². The number of carbonyl (C=O) groups excluding carboxylic acids is 1. The summed E-state index contributed by atoms with van der Waals surface area (Å²) < 4.78 is 4.86. The molecule has 0 spiro atoms. The first-order chi connectivity index (χ1) is 6.52. The summed E-state index contributed by atoms with van der Waals surface area (Å²) in [5.41, 5.74) is -0.829. The zero-order valence-electron chi connectivity index (χ0n) is 9.09. The maximum Gasteiger partial charge on any atom is 0.233 e. The lowest BCUT2D eigenvalue weighted by molar-refractivity contribution is -0.119. The van der Waals surface area contributed by atoms with Crippen molar-refractivity contribution in [1.82, 2.24) is 10.6 Å². The van der Waals surface area contributed by atoms with E-state index in [-0.39, 0.29) is 12.5 Å². The predicted molar refractivity (Wildman–Crippen MR) is 54.1 cm³/mol. The molecule has 0 saturated carbocycles. The summed E-state index contributed by atoms with van der Waals surface area (Å²) in [6.45, 7) is 2.82. The molecule has 0 aliphatic rings. The quantitative estimate of drug-likeness (QED) is 0.503. The van der Waals surface area contributed by atoms with Gasteiger partial charge in [-0.25, -0.2) is 0 Å². The molecule has 0 bridgehead atoms. The second kappa shape index (κ2) is 6.75. The van der Waals surface area contributed by atoms with Crippen molar-refractivity contribution in [1.29, 1.82) is 0 Å². The number of methoxy groups -OCH3 is 1. The standard InChI is InChI=1S/C9H20N2O3/c1-9(13,4-5-14-3)7-11-6-8(12)10-2/h11,13H,4-7H2,1-3H3,(H,10,12). The molecule has 0 fully saturated rings. The number of likely N-dealkylation sites (N-methyl/N-ethyl adjacent to an activating group) is 1. The van der Waals surface area contributed by atoms with Crippen LogP contribution in [-0.2, 0) is 9.53 Å². The van der Waals surface area contributed by atoms with Gasteiger partial charge in [-0.2, -0.15) is 0 Å². The molecule has 0 aliphatic heterocycles. The van der Waals surface area contributed by atoms with Crippen molar-refractivity contribution >= 4 is 5.91 Å². The summed E-state index contributed by atoms with van der Waals surface area (Å²) in [5, 5.41) is 15.1. The molecule has 0 aliphatic carbocycles. The van der Waals surface area contributed by atoms with Gasteiger partial charge in [0.2, 0.25) is 5.91 Å². The zero-order valence-corrected chi connectivity index (χ0v) is 9.09. The van der Waals surface area contributed by atoms with E-state index in [1.54, 1.807) is 21.1 Å². The average Bonchev–Trinajstić information content (AvgIpc) is 2.14. The molecule has 0 rings (SSSR count). The Hall–Kier alpha value is -0.650. The summed E-state index contributed by atoms with van der Waals surface area (Å²) >= 11 is 0. The van der Waals surface area contributed by atoms with Gasteiger partial charge in [0, 0.05) is 33.7 Å². The maximum atomic E-state index is 10.8. The van der Waals surface area contributed by atoms with Crippen LogP contribution in [0.1, 0.15) is 13.3 Å². The first kappa shape index (κ1) is 13.4. The number of hydrogen-bond donors (Lipinski definition) is 3. The third-order valence-electron chi connectivity index (χ3n) is 1.91. The van der Waals surface area contributed by atoms with Crippen LogP contribution < -0.4 is 10.6 Å². The van der Waals surface area contributed by atoms with Crippen LogP contribution in [0.15, 0.2) is 0 Å². The number of aliphatic hydroxyl groups is 1. The molecule has 1 atom stereocenters. The van der Waals surface area contributed by atoms with Crippen LogP contribution in [0.3, 0.4) is 0 Å². The van der Waals surface area contributed by atoms with E-state index in [2.05, 4.69) is 10.6 Å². The molecule has 0 aromatic rings. The van der Waals surface area contributed by atoms with E-state index in [9.17, 15) is 9.90 Å². The molecular weight excluding hydrogens is 184 g/mol. The predicted octanol–water partition coefficient (Wildman–Crippen LogP) is -0.890. The molecule has 5 nitrogen and oxygen atoms in total. The maximum absolute atomic E-state index is 10.8. The highest BCUT2D eigenvalue weighted by Gasteiger charge is 2.19. The second-order valence-corrected chi connectivity index (χ2v) is 3.52. The largest absolute Gasteiger partial charge is 0.389 e. The summed E-state index contributed by atoms with van der Waals surface area (Å²) in [6.07, 6.45) is 0.546. The topological polar surface area (TPSA) is 70.6 Å². The minimum absolute atomic E-state index is 0.0902. The molecule has 0 radical (unpaired) electrons. The van der Waals surface area contributed by atoms with Crippen molar-refractivity contribution in [3.05, 3.63) is 0 Å². The van der Waals surface area contributed by atoms with Gasteiger partial charge in [0.05, 0.1) is 12.1 Å². The molecule has 1 unspecified atom stereocenters. The second-order valence-electron chi connectivity index (χ2n) is 3.52. The Kier molecular flexibility index (Phi) is 6.44. The summed E-state index contributed by atoms with van der Waals surface area (Å²) in [6, 6.07) is 0. The van der Waals surface area contributed by atoms with E-state index < -0.39 is 5.60 Å². The van der Waals surface area contributed by atoms with E-state index in [0.29, 0.717) is 19.6 Å². The highest BCUT2D eigenvalue weighted by molar-refractivity contribution is 5.77. The summed E-state index contributed by atoms with van der Waals surface area (Å²) in [7, 11) is 3.17. The Morgan fingerprint density at radius 1 is 1.57 bits per heavy atom. The van der Waals surface area contributed by atoms with Crippen LogP contribution >= 0.6 is 0 Å². The number of rotatable bonds is 7. The van der Waals surface area contributed by atoms with Crippen LogP contribution in [0.2, 0.25) is 0 Å². The van der Waals surface area contributed by atoms with Gasteiger partial charge < -0.3 is 20.5 Å². The van der Waals surface area contributed by atoms with Crippen molar-refractivity contribution in [3.63, 3.8) is 0 Å². The molecular formula is C9H20N2O3. The Morgan fingerprint density at radius 2 is 2.21 bits per heavy atom. The normalized spacial score (nSPS) is 14.9. The van der Waals surface area contributed by atoms with E-state index in [4.69, 9.17) is 4.74 Å². The van der Waals surface area contributed by atoms with E-state index in [1.165, 1.54) is 0 Å². The van der Waals surface area contributed by atoms with Gasteiger partial charge in [0.1, 0.15) is 0 Å².